The van der Waals surface area contributed by atoms with Crippen LogP contribution in [0.3, 0.4) is 0 Å². The second-order valence-electron chi connectivity index (χ2n) is 7.09. The Morgan fingerprint density at radius 3 is 2.66 bits per heavy atom. The summed E-state index contributed by atoms with van der Waals surface area (Å²) >= 11 is 0. The molecule has 1 atom stereocenters. The van der Waals surface area contributed by atoms with Gasteiger partial charge in [-0.25, -0.2) is 4.68 Å². The first-order chi connectivity index (χ1) is 15.6. The average molecular weight is 435 g/mol. The molecule has 1 unspecified atom stereocenters. The van der Waals surface area contributed by atoms with Gasteiger partial charge >= 0.3 is 0 Å². The van der Waals surface area contributed by atoms with E-state index >= 15 is 0 Å². The van der Waals surface area contributed by atoms with Gasteiger partial charge in [0, 0.05) is 5.70 Å². The van der Waals surface area contributed by atoms with E-state index in [1.54, 1.807) is 31.0 Å². The lowest BCUT2D eigenvalue weighted by Gasteiger charge is -2.29. The Balaban J connectivity index is 1.77. The largest absolute Gasteiger partial charge is 0.495 e. The first kappa shape index (κ1) is 21.2. The molecule has 1 aliphatic rings. The summed E-state index contributed by atoms with van der Waals surface area (Å²) in [5, 5.41) is 10.5. The van der Waals surface area contributed by atoms with Gasteiger partial charge in [0.2, 0.25) is 5.95 Å². The zero-order chi connectivity index (χ0) is 22.7. The molecule has 166 valence electrons. The first-order valence-electron chi connectivity index (χ1n) is 10.2. The highest BCUT2D eigenvalue weighted by molar-refractivity contribution is 6.06. The van der Waals surface area contributed by atoms with Crippen LogP contribution in [0, 0.1) is 0 Å². The van der Waals surface area contributed by atoms with E-state index in [-0.39, 0.29) is 5.91 Å². The summed E-state index contributed by atoms with van der Waals surface area (Å²) in [5.74, 6) is 2.05. The van der Waals surface area contributed by atoms with Crippen LogP contribution in [0.4, 0.5) is 11.6 Å². The third kappa shape index (κ3) is 3.84. The number of para-hydroxylation sites is 2. The molecule has 2 N–H and O–H groups in total. The van der Waals surface area contributed by atoms with Crippen molar-refractivity contribution in [2.45, 2.75) is 19.9 Å². The third-order valence-electron chi connectivity index (χ3n) is 5.20. The molecule has 0 saturated heterocycles. The van der Waals surface area contributed by atoms with Crippen molar-refractivity contribution in [1.82, 2.24) is 14.8 Å². The Bertz CT molecular complexity index is 1170. The van der Waals surface area contributed by atoms with Crippen LogP contribution in [-0.2, 0) is 4.79 Å². The maximum absolute atomic E-state index is 13.5. The number of anilines is 2. The zero-order valence-corrected chi connectivity index (χ0v) is 18.4. The number of methoxy groups -OCH3 is 2. The Morgan fingerprint density at radius 1 is 1.12 bits per heavy atom. The van der Waals surface area contributed by atoms with Crippen LogP contribution in [0.25, 0.3) is 0 Å². The highest BCUT2D eigenvalue weighted by atomic mass is 16.5. The van der Waals surface area contributed by atoms with E-state index in [1.807, 2.05) is 44.2 Å². The van der Waals surface area contributed by atoms with Crippen molar-refractivity contribution in [3.8, 4) is 17.2 Å². The van der Waals surface area contributed by atoms with E-state index in [1.165, 1.54) is 6.33 Å². The summed E-state index contributed by atoms with van der Waals surface area (Å²) in [5.41, 5.74) is 2.56. The van der Waals surface area contributed by atoms with Crippen molar-refractivity contribution in [3.63, 3.8) is 0 Å². The smallest absolute Gasteiger partial charge is 0.255 e. The number of carbonyl (C=O) groups excluding carboxylic acids is 1. The van der Waals surface area contributed by atoms with Gasteiger partial charge in [0.15, 0.2) is 11.5 Å². The molecule has 9 heteroatoms. The Kier molecular flexibility index (Phi) is 5.98. The highest BCUT2D eigenvalue weighted by Crippen LogP contribution is 2.39. The molecule has 9 nitrogen and oxygen atoms in total. The fourth-order valence-electron chi connectivity index (χ4n) is 3.76. The summed E-state index contributed by atoms with van der Waals surface area (Å²) in [7, 11) is 3.15. The summed E-state index contributed by atoms with van der Waals surface area (Å²) in [4.78, 5) is 17.8. The number of carbonyl (C=O) groups is 1. The topological polar surface area (TPSA) is 99.5 Å². The fourth-order valence-corrected chi connectivity index (χ4v) is 3.76. The van der Waals surface area contributed by atoms with Crippen molar-refractivity contribution < 1.29 is 19.0 Å². The number of ether oxygens (including phenoxy) is 3. The third-order valence-corrected chi connectivity index (χ3v) is 5.20. The van der Waals surface area contributed by atoms with E-state index in [4.69, 9.17) is 14.2 Å². The minimum atomic E-state index is -0.520. The lowest BCUT2D eigenvalue weighted by molar-refractivity contribution is -0.113. The van der Waals surface area contributed by atoms with Gasteiger partial charge in [-0.1, -0.05) is 18.2 Å². The maximum Gasteiger partial charge on any atom is 0.255 e. The first-order valence-corrected chi connectivity index (χ1v) is 10.2. The second kappa shape index (κ2) is 9.01. The van der Waals surface area contributed by atoms with Crippen LogP contribution >= 0.6 is 0 Å². The van der Waals surface area contributed by atoms with Crippen LogP contribution in [0.15, 0.2) is 60.1 Å². The normalized spacial score (nSPS) is 14.9. The molecular formula is C23H25N5O4. The molecule has 2 aromatic carbocycles. The molecule has 1 amide bonds. The van der Waals surface area contributed by atoms with Gasteiger partial charge in [-0.15, -0.1) is 0 Å². The number of nitrogens with zero attached hydrogens (tertiary/aromatic N) is 3. The molecule has 0 radical (unpaired) electrons. The number of hydrogen-bond donors (Lipinski definition) is 2. The fraction of sp³-hybridized carbons (Fsp3) is 0.261. The van der Waals surface area contributed by atoms with Crippen molar-refractivity contribution in [2.75, 3.05) is 31.5 Å². The van der Waals surface area contributed by atoms with Crippen molar-refractivity contribution in [3.05, 3.63) is 65.6 Å². The van der Waals surface area contributed by atoms with Crippen LogP contribution < -0.4 is 24.8 Å². The monoisotopic (exact) mass is 435 g/mol. The minimum Gasteiger partial charge on any atom is -0.495 e. The predicted octanol–water partition coefficient (Wildman–Crippen LogP) is 3.62. The summed E-state index contributed by atoms with van der Waals surface area (Å²) in [6.07, 6.45) is 1.45. The van der Waals surface area contributed by atoms with E-state index in [0.29, 0.717) is 46.8 Å². The molecular weight excluding hydrogens is 410 g/mol. The number of aromatic nitrogens is 3. The van der Waals surface area contributed by atoms with Crippen molar-refractivity contribution in [2.24, 2.45) is 0 Å². The van der Waals surface area contributed by atoms with Gasteiger partial charge < -0.3 is 24.8 Å². The SMILES string of the molecule is CCOc1ccc(C2C(C(=O)Nc3ccccc3OC)=C(C)Nc3ncnn32)cc1OC. The summed E-state index contributed by atoms with van der Waals surface area (Å²) in [6, 6.07) is 12.3. The van der Waals surface area contributed by atoms with E-state index in [9.17, 15) is 4.79 Å². The molecule has 0 fully saturated rings. The quantitative estimate of drug-likeness (QED) is 0.585. The van der Waals surface area contributed by atoms with E-state index in [2.05, 4.69) is 20.7 Å². The lowest BCUT2D eigenvalue weighted by atomic mass is 9.94. The number of amides is 1. The molecule has 0 aliphatic carbocycles. The molecule has 0 saturated carbocycles. The van der Waals surface area contributed by atoms with E-state index < -0.39 is 6.04 Å². The van der Waals surface area contributed by atoms with Crippen LogP contribution in [0.2, 0.25) is 0 Å². The van der Waals surface area contributed by atoms with Gasteiger partial charge in [-0.05, 0) is 43.7 Å². The molecule has 32 heavy (non-hydrogen) atoms. The number of fused-ring (bicyclic) bond motifs is 1. The Morgan fingerprint density at radius 2 is 1.91 bits per heavy atom. The van der Waals surface area contributed by atoms with Gasteiger partial charge in [-0.3, -0.25) is 4.79 Å². The molecule has 2 heterocycles. The van der Waals surface area contributed by atoms with Crippen molar-refractivity contribution in [1.29, 1.82) is 0 Å². The van der Waals surface area contributed by atoms with Gasteiger partial charge in [-0.2, -0.15) is 10.1 Å². The number of benzene rings is 2. The van der Waals surface area contributed by atoms with Crippen LogP contribution in [-0.4, -0.2) is 41.5 Å². The highest BCUT2D eigenvalue weighted by Gasteiger charge is 2.34. The minimum absolute atomic E-state index is 0.279. The molecule has 0 spiro atoms. The molecule has 3 aromatic rings. The second-order valence-corrected chi connectivity index (χ2v) is 7.09. The number of nitrogens with one attached hydrogen (secondary N) is 2. The van der Waals surface area contributed by atoms with Gasteiger partial charge in [0.1, 0.15) is 18.1 Å². The average Bonchev–Trinajstić information content (AvgIpc) is 3.27. The van der Waals surface area contributed by atoms with Gasteiger partial charge in [0.05, 0.1) is 32.1 Å². The predicted molar refractivity (Wildman–Crippen MR) is 120 cm³/mol. The number of allylic oxidation sites excluding steroid dienone is 1. The number of hydrogen-bond acceptors (Lipinski definition) is 7. The lowest BCUT2D eigenvalue weighted by Crippen LogP contribution is -2.31. The molecule has 4 rings (SSSR count). The van der Waals surface area contributed by atoms with Crippen molar-refractivity contribution >= 4 is 17.5 Å². The van der Waals surface area contributed by atoms with E-state index in [0.717, 1.165) is 5.56 Å². The number of rotatable bonds is 7. The molecule has 0 bridgehead atoms. The Hall–Kier alpha value is -4.01. The summed E-state index contributed by atoms with van der Waals surface area (Å²) < 4.78 is 18.2. The molecule has 1 aliphatic heterocycles. The standard InChI is InChI=1S/C23H25N5O4/c1-5-32-18-11-10-15(12-19(18)31-4)21-20(14(2)26-23-24-13-25-28(21)23)22(29)27-16-8-6-7-9-17(16)30-3/h6-13,21H,5H2,1-4H3,(H,27,29)(H,24,25,26). The van der Waals surface area contributed by atoms with Crippen LogP contribution in [0.1, 0.15) is 25.5 Å². The molecule has 1 aromatic heterocycles. The Labute approximate surface area is 186 Å². The maximum atomic E-state index is 13.5. The zero-order valence-electron chi connectivity index (χ0n) is 18.4. The van der Waals surface area contributed by atoms with Crippen LogP contribution in [0.5, 0.6) is 17.2 Å². The summed E-state index contributed by atoms with van der Waals surface area (Å²) in [6.45, 7) is 4.27. The van der Waals surface area contributed by atoms with Gasteiger partial charge in [0.25, 0.3) is 5.91 Å².